The molecular formula is C22H20FNO5. The Kier molecular flexibility index (Phi) is 5.05. The van der Waals surface area contributed by atoms with Crippen molar-refractivity contribution >= 4 is 17.7 Å². The molecule has 0 spiro atoms. The Hall–Kier alpha value is -3.22. The van der Waals surface area contributed by atoms with Gasteiger partial charge in [-0.05, 0) is 37.1 Å². The number of furan rings is 1. The molecule has 0 saturated heterocycles. The number of halogens is 1. The molecule has 150 valence electrons. The van der Waals surface area contributed by atoms with Crippen LogP contribution in [0.3, 0.4) is 0 Å². The molecule has 0 bridgehead atoms. The van der Waals surface area contributed by atoms with Crippen molar-refractivity contribution in [1.82, 2.24) is 5.32 Å². The van der Waals surface area contributed by atoms with Crippen LogP contribution in [0.5, 0.6) is 0 Å². The van der Waals surface area contributed by atoms with Gasteiger partial charge in [0.25, 0.3) is 0 Å². The van der Waals surface area contributed by atoms with Crippen molar-refractivity contribution in [3.63, 3.8) is 0 Å². The first-order chi connectivity index (χ1) is 14.0. The van der Waals surface area contributed by atoms with Crippen LogP contribution in [0.2, 0.25) is 0 Å². The molecule has 3 atom stereocenters. The summed E-state index contributed by atoms with van der Waals surface area (Å²) in [5.74, 6) is -3.88. The van der Waals surface area contributed by atoms with E-state index in [1.165, 1.54) is 12.3 Å². The average Bonchev–Trinajstić information content (AvgIpc) is 3.22. The molecule has 4 rings (SSSR count). The number of rotatable bonds is 4. The summed E-state index contributed by atoms with van der Waals surface area (Å²) in [4.78, 5) is 38.5. The minimum Gasteiger partial charge on any atom is -0.469 e. The molecule has 6 nitrogen and oxygen atoms in total. The van der Waals surface area contributed by atoms with Gasteiger partial charge in [-0.2, -0.15) is 0 Å². The Morgan fingerprint density at radius 2 is 2.00 bits per heavy atom. The van der Waals surface area contributed by atoms with Crippen LogP contribution >= 0.6 is 0 Å². The molecule has 1 aliphatic heterocycles. The summed E-state index contributed by atoms with van der Waals surface area (Å²) in [7, 11) is 0. The average molecular weight is 397 g/mol. The summed E-state index contributed by atoms with van der Waals surface area (Å²) in [6.45, 7) is 1.80. The Morgan fingerprint density at radius 3 is 2.69 bits per heavy atom. The number of carbonyl (C=O) groups is 3. The molecule has 2 aromatic rings. The van der Waals surface area contributed by atoms with Crippen LogP contribution in [0.15, 0.2) is 58.3 Å². The van der Waals surface area contributed by atoms with E-state index >= 15 is 0 Å². The molecule has 1 amide bonds. The van der Waals surface area contributed by atoms with Gasteiger partial charge in [0, 0.05) is 29.5 Å². The predicted octanol–water partition coefficient (Wildman–Crippen LogP) is 3.21. The van der Waals surface area contributed by atoms with Crippen molar-refractivity contribution in [1.29, 1.82) is 0 Å². The highest BCUT2D eigenvalue weighted by molar-refractivity contribution is 6.12. The van der Waals surface area contributed by atoms with E-state index < -0.39 is 35.3 Å². The van der Waals surface area contributed by atoms with Crippen molar-refractivity contribution in [2.45, 2.75) is 31.6 Å². The topological polar surface area (TPSA) is 85.6 Å². The van der Waals surface area contributed by atoms with Gasteiger partial charge in [-0.1, -0.05) is 18.2 Å². The van der Waals surface area contributed by atoms with Crippen LogP contribution < -0.4 is 5.32 Å². The second kappa shape index (κ2) is 7.66. The Morgan fingerprint density at radius 1 is 1.21 bits per heavy atom. The molecule has 2 heterocycles. The van der Waals surface area contributed by atoms with Gasteiger partial charge in [-0.15, -0.1) is 0 Å². The monoisotopic (exact) mass is 397 g/mol. The first-order valence-corrected chi connectivity index (χ1v) is 9.52. The fourth-order valence-electron chi connectivity index (χ4n) is 4.25. The fourth-order valence-corrected chi connectivity index (χ4v) is 4.25. The predicted molar refractivity (Wildman–Crippen MR) is 100 cm³/mol. The molecule has 0 radical (unpaired) electrons. The number of hydrogen-bond donors (Lipinski definition) is 1. The lowest BCUT2D eigenvalue weighted by atomic mass is 9.69. The summed E-state index contributed by atoms with van der Waals surface area (Å²) < 4.78 is 25.1. The number of carbonyl (C=O) groups excluding carboxylic acids is 3. The lowest BCUT2D eigenvalue weighted by molar-refractivity contribution is -0.152. The standard InChI is InChI=1S/C22H20FNO5/c1-2-28-22(27)20-14(17-8-5-9-29-17)10-16-19(21(20)26)13(11-18(25)24-16)12-6-3-4-7-15(12)23/h3-9,13-14,20H,2,10-11H2,1H3,(H,24,25)/t13-,14+,20-/m0/s1. The van der Waals surface area contributed by atoms with Crippen molar-refractivity contribution < 1.29 is 27.9 Å². The largest absolute Gasteiger partial charge is 0.469 e. The molecule has 0 fully saturated rings. The third-order valence-corrected chi connectivity index (χ3v) is 5.46. The quantitative estimate of drug-likeness (QED) is 0.633. The normalized spacial score (nSPS) is 24.1. The highest BCUT2D eigenvalue weighted by Crippen LogP contribution is 2.46. The van der Waals surface area contributed by atoms with Crippen molar-refractivity contribution in [2.75, 3.05) is 6.61 Å². The smallest absolute Gasteiger partial charge is 0.317 e. The maximum absolute atomic E-state index is 14.5. The number of allylic oxidation sites excluding steroid dienone is 2. The van der Waals surface area contributed by atoms with E-state index in [4.69, 9.17) is 9.15 Å². The third-order valence-electron chi connectivity index (χ3n) is 5.46. The van der Waals surface area contributed by atoms with Gasteiger partial charge in [0.1, 0.15) is 17.5 Å². The van der Waals surface area contributed by atoms with Gasteiger partial charge in [0.2, 0.25) is 5.91 Å². The van der Waals surface area contributed by atoms with Crippen LogP contribution in [0.1, 0.15) is 42.9 Å². The van der Waals surface area contributed by atoms with E-state index in [-0.39, 0.29) is 36.5 Å². The fraction of sp³-hybridized carbons (Fsp3) is 0.318. The number of amides is 1. The number of ketones is 1. The molecule has 1 N–H and O–H groups in total. The summed E-state index contributed by atoms with van der Waals surface area (Å²) in [5, 5.41) is 2.75. The number of nitrogens with one attached hydrogen (secondary N) is 1. The van der Waals surface area contributed by atoms with Crippen molar-refractivity contribution in [3.05, 3.63) is 71.1 Å². The van der Waals surface area contributed by atoms with Crippen LogP contribution in [-0.2, 0) is 19.1 Å². The highest BCUT2D eigenvalue weighted by atomic mass is 19.1. The Labute approximate surface area is 166 Å². The van der Waals surface area contributed by atoms with E-state index in [1.807, 2.05) is 0 Å². The zero-order chi connectivity index (χ0) is 20.5. The van der Waals surface area contributed by atoms with Crippen LogP contribution in [0.4, 0.5) is 4.39 Å². The zero-order valence-corrected chi connectivity index (χ0v) is 15.8. The number of ether oxygens (including phenoxy) is 1. The number of benzene rings is 1. The van der Waals surface area contributed by atoms with Crippen LogP contribution in [-0.4, -0.2) is 24.3 Å². The second-order valence-electron chi connectivity index (χ2n) is 7.14. The van der Waals surface area contributed by atoms with E-state index in [2.05, 4.69) is 5.32 Å². The second-order valence-corrected chi connectivity index (χ2v) is 7.14. The highest BCUT2D eigenvalue weighted by Gasteiger charge is 2.48. The van der Waals surface area contributed by atoms with Gasteiger partial charge in [-0.3, -0.25) is 14.4 Å². The summed E-state index contributed by atoms with van der Waals surface area (Å²) >= 11 is 0. The molecule has 2 aliphatic rings. The van der Waals surface area contributed by atoms with E-state index in [0.29, 0.717) is 11.5 Å². The lowest BCUT2D eigenvalue weighted by Gasteiger charge is -2.37. The van der Waals surface area contributed by atoms with Gasteiger partial charge >= 0.3 is 5.97 Å². The van der Waals surface area contributed by atoms with Gasteiger partial charge in [-0.25, -0.2) is 4.39 Å². The van der Waals surface area contributed by atoms with Crippen molar-refractivity contribution in [3.8, 4) is 0 Å². The minimum atomic E-state index is -1.11. The van der Waals surface area contributed by atoms with E-state index in [9.17, 15) is 18.8 Å². The first kappa shape index (κ1) is 19.1. The first-order valence-electron chi connectivity index (χ1n) is 9.52. The van der Waals surface area contributed by atoms with E-state index in [0.717, 1.165) is 0 Å². The summed E-state index contributed by atoms with van der Waals surface area (Å²) in [6.07, 6.45) is 1.62. The molecule has 29 heavy (non-hydrogen) atoms. The molecule has 1 aromatic carbocycles. The molecule has 1 aromatic heterocycles. The third kappa shape index (κ3) is 3.37. The molecule has 1 aliphatic carbocycles. The summed E-state index contributed by atoms with van der Waals surface area (Å²) in [6, 6.07) is 9.43. The SMILES string of the molecule is CCOC(=O)[C@@H]1C(=O)C2=C(C[C@@H]1c1ccco1)NC(=O)C[C@H]2c1ccccc1F. The maximum Gasteiger partial charge on any atom is 0.317 e. The van der Waals surface area contributed by atoms with Crippen LogP contribution in [0.25, 0.3) is 0 Å². The Bertz CT molecular complexity index is 994. The lowest BCUT2D eigenvalue weighted by Crippen LogP contribution is -2.44. The minimum absolute atomic E-state index is 0.0630. The molecular weight excluding hydrogens is 377 g/mol. The number of Topliss-reactive ketones (excluding diaryl/α,β-unsaturated/α-hetero) is 1. The van der Waals surface area contributed by atoms with Gasteiger partial charge < -0.3 is 14.5 Å². The van der Waals surface area contributed by atoms with Gasteiger partial charge in [0.15, 0.2) is 5.78 Å². The number of hydrogen-bond acceptors (Lipinski definition) is 5. The summed E-state index contributed by atoms with van der Waals surface area (Å²) in [5.41, 5.74) is 0.958. The number of esters is 1. The van der Waals surface area contributed by atoms with Crippen molar-refractivity contribution in [2.24, 2.45) is 5.92 Å². The molecule has 0 unspecified atom stereocenters. The Balaban J connectivity index is 1.83. The van der Waals surface area contributed by atoms with Crippen LogP contribution in [0, 0.1) is 11.7 Å². The molecule has 0 saturated carbocycles. The van der Waals surface area contributed by atoms with Gasteiger partial charge in [0.05, 0.1) is 12.9 Å². The molecule has 7 heteroatoms. The maximum atomic E-state index is 14.5. The van der Waals surface area contributed by atoms with E-state index in [1.54, 1.807) is 37.3 Å². The zero-order valence-electron chi connectivity index (χ0n) is 15.8.